The Morgan fingerprint density at radius 3 is 2.14 bits per heavy atom. The van der Waals surface area contributed by atoms with Crippen LogP contribution >= 0.6 is 0 Å². The first-order valence-electron chi connectivity index (χ1n) is 9.35. The van der Waals surface area contributed by atoms with Crippen molar-refractivity contribution in [3.05, 3.63) is 84.9 Å². The average Bonchev–Trinajstić information content (AvgIpc) is 2.74. The zero-order valence-electron chi connectivity index (χ0n) is 16.0. The van der Waals surface area contributed by atoms with Crippen LogP contribution in [0.15, 0.2) is 84.9 Å². The Morgan fingerprint density at radius 2 is 1.46 bits per heavy atom. The molecular weight excluding hydrogens is 350 g/mol. The van der Waals surface area contributed by atoms with Crippen molar-refractivity contribution >= 4 is 17.4 Å². The molecule has 0 aliphatic carbocycles. The van der Waals surface area contributed by atoms with Crippen LogP contribution in [0.2, 0.25) is 0 Å². The summed E-state index contributed by atoms with van der Waals surface area (Å²) in [6, 6.07) is 26.9. The smallest absolute Gasteiger partial charge is 0.319 e. The summed E-state index contributed by atoms with van der Waals surface area (Å²) in [7, 11) is 2.05. The molecule has 0 aliphatic heterocycles. The minimum absolute atomic E-state index is 0.209. The highest BCUT2D eigenvalue weighted by Gasteiger charge is 2.04. The van der Waals surface area contributed by atoms with E-state index in [1.807, 2.05) is 72.8 Å². The topological polar surface area (TPSA) is 53.6 Å². The van der Waals surface area contributed by atoms with Gasteiger partial charge in [0, 0.05) is 31.5 Å². The van der Waals surface area contributed by atoms with Crippen molar-refractivity contribution in [2.45, 2.75) is 6.42 Å². The minimum Gasteiger partial charge on any atom is -0.457 e. The van der Waals surface area contributed by atoms with Gasteiger partial charge in [-0.2, -0.15) is 0 Å². The van der Waals surface area contributed by atoms with Crippen LogP contribution in [-0.4, -0.2) is 26.2 Å². The summed E-state index contributed by atoms with van der Waals surface area (Å²) in [5.41, 5.74) is 1.89. The van der Waals surface area contributed by atoms with Gasteiger partial charge in [0.25, 0.3) is 0 Å². The Hall–Kier alpha value is -3.47. The lowest BCUT2D eigenvalue weighted by molar-refractivity contribution is 0.252. The molecule has 3 aromatic rings. The number of hydrogen-bond donors (Lipinski definition) is 2. The molecule has 3 rings (SSSR count). The van der Waals surface area contributed by atoms with Crippen LogP contribution in [0.3, 0.4) is 0 Å². The van der Waals surface area contributed by atoms with Crippen LogP contribution < -0.4 is 20.3 Å². The van der Waals surface area contributed by atoms with Crippen LogP contribution in [0.1, 0.15) is 6.42 Å². The third kappa shape index (κ3) is 6.06. The van der Waals surface area contributed by atoms with Gasteiger partial charge in [0.1, 0.15) is 11.5 Å². The highest BCUT2D eigenvalue weighted by atomic mass is 16.5. The van der Waals surface area contributed by atoms with Gasteiger partial charge in [-0.25, -0.2) is 4.79 Å². The maximum absolute atomic E-state index is 12.0. The molecule has 144 valence electrons. The van der Waals surface area contributed by atoms with E-state index in [9.17, 15) is 4.79 Å². The third-order valence-corrected chi connectivity index (χ3v) is 4.24. The molecule has 5 nitrogen and oxygen atoms in total. The van der Waals surface area contributed by atoms with Crippen LogP contribution in [0.25, 0.3) is 0 Å². The van der Waals surface area contributed by atoms with E-state index in [0.717, 1.165) is 30.2 Å². The lowest BCUT2D eigenvalue weighted by atomic mass is 10.3. The summed E-state index contributed by atoms with van der Waals surface area (Å²) >= 11 is 0. The van der Waals surface area contributed by atoms with Crippen LogP contribution in [-0.2, 0) is 0 Å². The number of carbonyl (C=O) groups is 1. The molecule has 0 spiro atoms. The third-order valence-electron chi connectivity index (χ3n) is 4.24. The van der Waals surface area contributed by atoms with Crippen molar-refractivity contribution < 1.29 is 9.53 Å². The molecular formula is C23H25N3O2. The zero-order valence-corrected chi connectivity index (χ0v) is 16.0. The summed E-state index contributed by atoms with van der Waals surface area (Å²) in [5.74, 6) is 1.50. The van der Waals surface area contributed by atoms with E-state index in [4.69, 9.17) is 4.74 Å². The van der Waals surface area contributed by atoms with Crippen molar-refractivity contribution in [2.24, 2.45) is 0 Å². The summed E-state index contributed by atoms with van der Waals surface area (Å²) in [6.07, 6.45) is 0.864. The number of urea groups is 1. The largest absolute Gasteiger partial charge is 0.457 e. The first kappa shape index (κ1) is 19.3. The standard InChI is InChI=1S/C23H25N3O2/c1-26(20-9-4-2-5-10-20)18-8-17-24-23(27)25-19-13-15-22(16-14-19)28-21-11-6-3-7-12-21/h2-7,9-16H,8,17-18H2,1H3,(H2,24,25,27). The predicted molar refractivity (Wildman–Crippen MR) is 114 cm³/mol. The predicted octanol–water partition coefficient (Wildman–Crippen LogP) is 5.13. The Balaban J connectivity index is 1.37. The van der Waals surface area contributed by atoms with Gasteiger partial charge in [-0.15, -0.1) is 0 Å². The molecule has 3 aromatic carbocycles. The Kier molecular flexibility index (Phi) is 6.90. The normalized spacial score (nSPS) is 10.2. The van der Waals surface area contributed by atoms with E-state index in [0.29, 0.717) is 6.54 Å². The highest BCUT2D eigenvalue weighted by molar-refractivity contribution is 5.89. The number of benzene rings is 3. The summed E-state index contributed by atoms with van der Waals surface area (Å²) in [5, 5.41) is 5.72. The molecule has 0 unspecified atom stereocenters. The van der Waals surface area contributed by atoms with Crippen LogP contribution in [0.5, 0.6) is 11.5 Å². The molecule has 0 aliphatic rings. The van der Waals surface area contributed by atoms with Gasteiger partial charge in [-0.1, -0.05) is 36.4 Å². The van der Waals surface area contributed by atoms with E-state index in [-0.39, 0.29) is 6.03 Å². The summed E-state index contributed by atoms with van der Waals surface area (Å²) in [4.78, 5) is 14.2. The first-order chi connectivity index (χ1) is 13.7. The molecule has 2 amide bonds. The Labute approximate surface area is 166 Å². The van der Waals surface area contributed by atoms with Crippen LogP contribution in [0.4, 0.5) is 16.2 Å². The van der Waals surface area contributed by atoms with E-state index in [2.05, 4.69) is 34.7 Å². The number of carbonyl (C=O) groups excluding carboxylic acids is 1. The van der Waals surface area contributed by atoms with Crippen molar-refractivity contribution in [2.75, 3.05) is 30.4 Å². The minimum atomic E-state index is -0.209. The fourth-order valence-electron chi connectivity index (χ4n) is 2.74. The number of anilines is 2. The van der Waals surface area contributed by atoms with Crippen molar-refractivity contribution in [1.29, 1.82) is 0 Å². The Morgan fingerprint density at radius 1 is 0.857 bits per heavy atom. The quantitative estimate of drug-likeness (QED) is 0.537. The number of para-hydroxylation sites is 2. The van der Waals surface area contributed by atoms with E-state index in [1.54, 1.807) is 0 Å². The summed E-state index contributed by atoms with van der Waals surface area (Å²) in [6.45, 7) is 1.48. The fourth-order valence-corrected chi connectivity index (χ4v) is 2.74. The van der Waals surface area contributed by atoms with Gasteiger partial charge in [-0.3, -0.25) is 0 Å². The molecule has 0 radical (unpaired) electrons. The number of hydrogen-bond acceptors (Lipinski definition) is 3. The molecule has 0 fully saturated rings. The molecule has 28 heavy (non-hydrogen) atoms. The van der Waals surface area contributed by atoms with E-state index < -0.39 is 0 Å². The maximum Gasteiger partial charge on any atom is 0.319 e. The maximum atomic E-state index is 12.0. The van der Waals surface area contributed by atoms with Gasteiger partial charge in [0.2, 0.25) is 0 Å². The van der Waals surface area contributed by atoms with Gasteiger partial charge in [-0.05, 0) is 55.0 Å². The number of ether oxygens (including phenoxy) is 1. The number of nitrogens with one attached hydrogen (secondary N) is 2. The second-order valence-electron chi connectivity index (χ2n) is 6.43. The number of nitrogens with zero attached hydrogens (tertiary/aromatic N) is 1. The first-order valence-corrected chi connectivity index (χ1v) is 9.35. The zero-order chi connectivity index (χ0) is 19.6. The van der Waals surface area contributed by atoms with Crippen molar-refractivity contribution in [3.63, 3.8) is 0 Å². The second-order valence-corrected chi connectivity index (χ2v) is 6.43. The van der Waals surface area contributed by atoms with Gasteiger partial charge >= 0.3 is 6.03 Å². The molecule has 0 saturated carbocycles. The molecule has 2 N–H and O–H groups in total. The molecule has 0 bridgehead atoms. The Bertz CT molecular complexity index is 852. The molecule has 0 saturated heterocycles. The van der Waals surface area contributed by atoms with E-state index in [1.165, 1.54) is 5.69 Å². The van der Waals surface area contributed by atoms with Gasteiger partial charge in [0.15, 0.2) is 0 Å². The second kappa shape index (κ2) is 10.0. The average molecular weight is 375 g/mol. The molecule has 0 heterocycles. The monoisotopic (exact) mass is 375 g/mol. The van der Waals surface area contributed by atoms with Crippen LogP contribution in [0, 0.1) is 0 Å². The highest BCUT2D eigenvalue weighted by Crippen LogP contribution is 2.22. The SMILES string of the molecule is CN(CCCNC(=O)Nc1ccc(Oc2ccccc2)cc1)c1ccccc1. The fraction of sp³-hybridized carbons (Fsp3) is 0.174. The number of amides is 2. The van der Waals surface area contributed by atoms with Gasteiger partial charge in [0.05, 0.1) is 0 Å². The van der Waals surface area contributed by atoms with E-state index >= 15 is 0 Å². The lowest BCUT2D eigenvalue weighted by Crippen LogP contribution is -2.31. The van der Waals surface area contributed by atoms with Gasteiger partial charge < -0.3 is 20.3 Å². The molecule has 0 atom stereocenters. The summed E-state index contributed by atoms with van der Waals surface area (Å²) < 4.78 is 5.74. The molecule has 0 aromatic heterocycles. The molecule has 5 heteroatoms. The lowest BCUT2D eigenvalue weighted by Gasteiger charge is -2.19. The van der Waals surface area contributed by atoms with Crippen molar-refractivity contribution in [3.8, 4) is 11.5 Å². The van der Waals surface area contributed by atoms with Crippen molar-refractivity contribution in [1.82, 2.24) is 5.32 Å². The number of rotatable bonds is 8.